The second-order valence-electron chi connectivity index (χ2n) is 13.8. The molecule has 2 N–H and O–H groups in total. The molecule has 0 amide bonds. The van der Waals surface area contributed by atoms with Crippen LogP contribution in [0.4, 0.5) is 11.4 Å². The number of benzene rings is 6. The van der Waals surface area contributed by atoms with E-state index in [4.69, 9.17) is 9.84 Å². The average Bonchev–Trinajstić information content (AvgIpc) is 3.31. The highest BCUT2D eigenvalue weighted by Crippen LogP contribution is 2.23. The van der Waals surface area contributed by atoms with Crippen molar-refractivity contribution in [2.45, 2.75) is 0 Å². The van der Waals surface area contributed by atoms with Crippen molar-refractivity contribution in [1.82, 2.24) is 19.1 Å². The van der Waals surface area contributed by atoms with Crippen LogP contribution in [0.2, 0.25) is 0 Å². The van der Waals surface area contributed by atoms with Crippen LogP contribution < -0.4 is 15.9 Å². The molecule has 8 aromatic rings. The Kier molecular flexibility index (Phi) is 13.1. The van der Waals surface area contributed by atoms with E-state index in [9.17, 15) is 44.5 Å². The Morgan fingerprint density at radius 3 is 1.58 bits per heavy atom. The summed E-state index contributed by atoms with van der Waals surface area (Å²) in [5.41, 5.74) is 2.55. The summed E-state index contributed by atoms with van der Waals surface area (Å²) < 4.78 is 8.86. The Bertz CT molecular complexity index is 3370. The third-order valence-electron chi connectivity index (χ3n) is 9.74. The van der Waals surface area contributed by atoms with Crippen molar-refractivity contribution in [3.05, 3.63) is 212 Å². The number of non-ortho nitro benzene ring substituents is 2. The number of methoxy groups -OCH3 is 1. The molecule has 0 fully saturated rings. The van der Waals surface area contributed by atoms with Crippen molar-refractivity contribution >= 4 is 92.0 Å². The first-order chi connectivity index (χ1) is 31.2. The second-order valence-corrected chi connectivity index (χ2v) is 15.1. The van der Waals surface area contributed by atoms with Gasteiger partial charge in [0.1, 0.15) is 17.4 Å². The number of carboxylic acid groups (broad SMARTS) is 2. The Hall–Kier alpha value is -8.65. The van der Waals surface area contributed by atoms with E-state index < -0.39 is 21.8 Å². The maximum atomic E-state index is 13.4. The van der Waals surface area contributed by atoms with E-state index >= 15 is 0 Å². The first-order valence-corrected chi connectivity index (χ1v) is 20.1. The van der Waals surface area contributed by atoms with E-state index in [-0.39, 0.29) is 39.4 Å². The molecule has 8 rings (SSSR count). The molecule has 0 unspecified atom stereocenters. The van der Waals surface area contributed by atoms with E-state index in [1.54, 1.807) is 91.0 Å². The quantitative estimate of drug-likeness (QED) is 0.0700. The topological polar surface area (TPSA) is 240 Å². The summed E-state index contributed by atoms with van der Waals surface area (Å²) in [5.74, 6) is -1.04. The first-order valence-electron chi connectivity index (χ1n) is 19.1. The van der Waals surface area contributed by atoms with E-state index in [0.717, 1.165) is 3.57 Å². The number of aromatic nitrogens is 4. The lowest BCUT2D eigenvalue weighted by atomic mass is 10.1. The molecule has 18 heteroatoms. The first kappa shape index (κ1) is 44.4. The summed E-state index contributed by atoms with van der Waals surface area (Å²) in [5, 5.41) is 41.0. The Morgan fingerprint density at radius 2 is 1.09 bits per heavy atom. The molecule has 0 aliphatic carbocycles. The number of hydrogen-bond donors (Lipinski definition) is 2. The molecule has 17 nitrogen and oxygen atoms in total. The van der Waals surface area contributed by atoms with Crippen LogP contribution in [0.5, 0.6) is 5.75 Å². The number of carboxylic acids is 2. The molecule has 2 aromatic heterocycles. The highest BCUT2D eigenvalue weighted by atomic mass is 127. The van der Waals surface area contributed by atoms with Gasteiger partial charge in [0.05, 0.1) is 61.3 Å². The Balaban J connectivity index is 0.000000194. The highest BCUT2D eigenvalue weighted by Gasteiger charge is 2.15. The number of aromatic carboxylic acids is 2. The van der Waals surface area contributed by atoms with Gasteiger partial charge in [0.15, 0.2) is 0 Å². The molecule has 0 saturated heterocycles. The summed E-state index contributed by atoms with van der Waals surface area (Å²) >= 11 is 2.12. The molecular formula is C47H31IN6O11. The monoisotopic (exact) mass is 982 g/mol. The molecule has 0 bridgehead atoms. The van der Waals surface area contributed by atoms with Crippen LogP contribution in [0.25, 0.3) is 57.5 Å². The molecule has 0 aliphatic heterocycles. The minimum absolute atomic E-state index is 0.0176. The summed E-state index contributed by atoms with van der Waals surface area (Å²) in [7, 11) is 1.49. The number of fused-ring (bicyclic) bond motifs is 2. The minimum atomic E-state index is -1.08. The fraction of sp³-hybridized carbons (Fsp3) is 0.0213. The molecular weight excluding hydrogens is 951 g/mol. The van der Waals surface area contributed by atoms with Crippen molar-refractivity contribution in [2.24, 2.45) is 0 Å². The molecule has 2 heterocycles. The van der Waals surface area contributed by atoms with Gasteiger partial charge in [0.25, 0.3) is 22.5 Å². The fourth-order valence-electron chi connectivity index (χ4n) is 6.50. The summed E-state index contributed by atoms with van der Waals surface area (Å²) in [6, 6.07) is 34.1. The molecule has 0 radical (unpaired) electrons. The third kappa shape index (κ3) is 10.0. The number of nitro benzene ring substituents is 2. The van der Waals surface area contributed by atoms with Crippen LogP contribution in [-0.2, 0) is 0 Å². The largest absolute Gasteiger partial charge is 0.497 e. The van der Waals surface area contributed by atoms with Gasteiger partial charge >= 0.3 is 11.9 Å². The van der Waals surface area contributed by atoms with Gasteiger partial charge in [-0.05, 0) is 143 Å². The van der Waals surface area contributed by atoms with Crippen molar-refractivity contribution < 1.29 is 34.4 Å². The zero-order chi connectivity index (χ0) is 46.4. The third-order valence-corrected chi connectivity index (χ3v) is 10.4. The summed E-state index contributed by atoms with van der Waals surface area (Å²) in [4.78, 5) is 79.3. The molecule has 65 heavy (non-hydrogen) atoms. The van der Waals surface area contributed by atoms with E-state index in [0.29, 0.717) is 55.9 Å². The van der Waals surface area contributed by atoms with Gasteiger partial charge in [-0.15, -0.1) is 0 Å². The fourth-order valence-corrected chi connectivity index (χ4v) is 6.99. The molecule has 0 spiro atoms. The predicted octanol–water partition coefficient (Wildman–Crippen LogP) is 8.94. The summed E-state index contributed by atoms with van der Waals surface area (Å²) in [6.07, 6.45) is 6.54. The number of nitro groups is 2. The maximum Gasteiger partial charge on any atom is 0.335 e. The number of hydrogen-bond acceptors (Lipinski definition) is 11. The Morgan fingerprint density at radius 1 is 0.600 bits per heavy atom. The van der Waals surface area contributed by atoms with Crippen LogP contribution in [0.1, 0.15) is 43.5 Å². The number of ether oxygens (including phenoxy) is 1. The SMILES string of the molecule is COc1ccc2nc(/C=C/c3cccc([N+](=O)[O-])c3)n(-c3ccc(C(=O)O)cc3)c(=O)c2c1.O=C(O)c1ccc(-n2c(/C=C/c3ccc([N+](=O)[O-])cc3)nc3ccc(I)cc3c2=O)cc1. The van der Waals surface area contributed by atoms with Gasteiger partial charge < -0.3 is 14.9 Å². The standard InChI is InChI=1S/C24H17N3O6.C23H14IN3O5/c1-33-19-10-11-21-20(14-19)23(28)26(17-8-6-16(7-9-17)24(29)30)22(25-21)12-5-15-3-2-4-18(13-15)27(31)32;24-16-6-11-20-19(13-16)22(28)26(17-9-4-15(5-10-17)23(29)30)21(25-20)12-3-14-1-7-18(8-2-14)27(31)32/h2-14H,1H3,(H,29,30);1-13H,(H,29,30)/b12-5+;12-3+. The molecule has 0 atom stereocenters. The smallest absolute Gasteiger partial charge is 0.335 e. The zero-order valence-corrected chi connectivity index (χ0v) is 35.8. The van der Waals surface area contributed by atoms with Crippen LogP contribution in [0, 0.1) is 23.8 Å². The highest BCUT2D eigenvalue weighted by molar-refractivity contribution is 14.1. The second kappa shape index (κ2) is 19.2. The normalized spacial score (nSPS) is 11.1. The molecule has 0 saturated carbocycles. The molecule has 322 valence electrons. The van der Waals surface area contributed by atoms with E-state index in [1.165, 1.54) is 76.9 Å². The van der Waals surface area contributed by atoms with Gasteiger partial charge in [-0.3, -0.25) is 39.0 Å². The lowest BCUT2D eigenvalue weighted by Gasteiger charge is -2.12. The minimum Gasteiger partial charge on any atom is -0.497 e. The molecule has 6 aromatic carbocycles. The van der Waals surface area contributed by atoms with Gasteiger partial charge in [0.2, 0.25) is 0 Å². The lowest BCUT2D eigenvalue weighted by Crippen LogP contribution is -2.22. The maximum absolute atomic E-state index is 13.4. The van der Waals surface area contributed by atoms with Crippen LogP contribution >= 0.6 is 22.6 Å². The zero-order valence-electron chi connectivity index (χ0n) is 33.6. The van der Waals surface area contributed by atoms with E-state index in [2.05, 4.69) is 32.6 Å². The van der Waals surface area contributed by atoms with Gasteiger partial charge in [-0.25, -0.2) is 19.6 Å². The lowest BCUT2D eigenvalue weighted by molar-refractivity contribution is -0.385. The number of rotatable bonds is 11. The Labute approximate surface area is 379 Å². The predicted molar refractivity (Wildman–Crippen MR) is 252 cm³/mol. The van der Waals surface area contributed by atoms with Crippen LogP contribution in [0.3, 0.4) is 0 Å². The van der Waals surface area contributed by atoms with Crippen LogP contribution in [-0.4, -0.2) is 58.2 Å². The van der Waals surface area contributed by atoms with Gasteiger partial charge in [0, 0.05) is 27.8 Å². The van der Waals surface area contributed by atoms with Crippen molar-refractivity contribution in [2.75, 3.05) is 7.11 Å². The van der Waals surface area contributed by atoms with Gasteiger partial charge in [-0.1, -0.05) is 24.3 Å². The van der Waals surface area contributed by atoms with Crippen molar-refractivity contribution in [3.63, 3.8) is 0 Å². The van der Waals surface area contributed by atoms with Crippen molar-refractivity contribution in [1.29, 1.82) is 0 Å². The summed E-state index contributed by atoms with van der Waals surface area (Å²) in [6.45, 7) is 0. The van der Waals surface area contributed by atoms with Crippen molar-refractivity contribution in [3.8, 4) is 17.1 Å². The average molecular weight is 983 g/mol. The van der Waals surface area contributed by atoms with Crippen LogP contribution in [0.15, 0.2) is 143 Å². The number of halogens is 1. The molecule has 0 aliphatic rings. The van der Waals surface area contributed by atoms with Gasteiger partial charge in [-0.2, -0.15) is 0 Å². The van der Waals surface area contributed by atoms with E-state index in [1.807, 2.05) is 6.07 Å². The number of carbonyl (C=O) groups is 2. The number of nitrogens with zero attached hydrogens (tertiary/aromatic N) is 6.